The molecular weight excluding hydrogens is 306 g/mol. The molecule has 1 amide bonds. The minimum atomic E-state index is -0.113. The largest absolute Gasteiger partial charge is 0.370 e. The number of nitrogens with zero attached hydrogens (tertiary/aromatic N) is 5. The lowest BCUT2D eigenvalue weighted by molar-refractivity contribution is -0.139. The van der Waals surface area contributed by atoms with Crippen molar-refractivity contribution in [2.75, 3.05) is 19.7 Å². The first-order chi connectivity index (χ1) is 11.8. The topological polar surface area (TPSA) is 73.1 Å². The molecule has 122 valence electrons. The van der Waals surface area contributed by atoms with E-state index in [4.69, 9.17) is 4.74 Å². The zero-order valence-electron chi connectivity index (χ0n) is 13.1. The Morgan fingerprint density at radius 3 is 2.92 bits per heavy atom. The first-order valence-corrected chi connectivity index (χ1v) is 7.89. The highest BCUT2D eigenvalue weighted by atomic mass is 16.5. The number of benzene rings is 1. The lowest BCUT2D eigenvalue weighted by Crippen LogP contribution is -2.43. The third-order valence-corrected chi connectivity index (χ3v) is 4.20. The van der Waals surface area contributed by atoms with Gasteiger partial charge >= 0.3 is 0 Å². The lowest BCUT2D eigenvalue weighted by Gasteiger charge is -2.33. The second-order valence-electron chi connectivity index (χ2n) is 5.72. The van der Waals surface area contributed by atoms with E-state index >= 15 is 0 Å². The van der Waals surface area contributed by atoms with Crippen LogP contribution >= 0.6 is 0 Å². The van der Waals surface area contributed by atoms with Gasteiger partial charge in [0.2, 0.25) is 5.91 Å². The Balaban J connectivity index is 1.48. The highest BCUT2D eigenvalue weighted by molar-refractivity contribution is 5.79. The quantitative estimate of drug-likeness (QED) is 0.729. The van der Waals surface area contributed by atoms with Crippen molar-refractivity contribution in [2.45, 2.75) is 12.6 Å². The molecule has 7 nitrogen and oxygen atoms in total. The molecule has 1 aliphatic rings. The summed E-state index contributed by atoms with van der Waals surface area (Å²) in [7, 11) is 0. The van der Waals surface area contributed by atoms with E-state index in [2.05, 4.69) is 15.3 Å². The van der Waals surface area contributed by atoms with Gasteiger partial charge in [-0.15, -0.1) is 5.10 Å². The summed E-state index contributed by atoms with van der Waals surface area (Å²) in [6.07, 6.45) is 3.36. The predicted octanol–water partition coefficient (Wildman–Crippen LogP) is 1.43. The molecule has 3 aromatic rings. The maximum absolute atomic E-state index is 12.7. The van der Waals surface area contributed by atoms with Crippen LogP contribution in [0.3, 0.4) is 0 Å². The molecule has 3 heterocycles. The average molecular weight is 323 g/mol. The van der Waals surface area contributed by atoms with Crippen molar-refractivity contribution in [1.29, 1.82) is 0 Å². The normalized spacial score (nSPS) is 18.0. The summed E-state index contributed by atoms with van der Waals surface area (Å²) >= 11 is 0. The van der Waals surface area contributed by atoms with Crippen LogP contribution in [0.1, 0.15) is 11.7 Å². The van der Waals surface area contributed by atoms with E-state index in [0.717, 1.165) is 16.6 Å². The number of morpholine rings is 1. The number of para-hydroxylation sites is 1. The molecule has 0 saturated carbocycles. The van der Waals surface area contributed by atoms with Crippen molar-refractivity contribution in [1.82, 2.24) is 24.9 Å². The van der Waals surface area contributed by atoms with Crippen molar-refractivity contribution >= 4 is 16.9 Å². The van der Waals surface area contributed by atoms with Gasteiger partial charge < -0.3 is 9.64 Å². The van der Waals surface area contributed by atoms with Gasteiger partial charge in [-0.1, -0.05) is 17.3 Å². The first-order valence-electron chi connectivity index (χ1n) is 7.89. The maximum atomic E-state index is 12.7. The molecule has 1 atom stereocenters. The second-order valence-corrected chi connectivity index (χ2v) is 5.72. The summed E-state index contributed by atoms with van der Waals surface area (Å²) < 4.78 is 7.44. The Kier molecular flexibility index (Phi) is 3.92. The number of fused-ring (bicyclic) bond motifs is 1. The fourth-order valence-electron chi connectivity index (χ4n) is 2.92. The number of amides is 1. The van der Waals surface area contributed by atoms with Gasteiger partial charge in [0.25, 0.3) is 0 Å². The van der Waals surface area contributed by atoms with E-state index in [1.165, 1.54) is 0 Å². The molecule has 1 aromatic carbocycles. The maximum Gasteiger partial charge on any atom is 0.244 e. The minimum Gasteiger partial charge on any atom is -0.370 e. The van der Waals surface area contributed by atoms with Gasteiger partial charge in [-0.2, -0.15) is 0 Å². The van der Waals surface area contributed by atoms with Crippen LogP contribution in [-0.2, 0) is 16.1 Å². The molecule has 1 saturated heterocycles. The van der Waals surface area contributed by atoms with E-state index in [9.17, 15) is 4.79 Å². The minimum absolute atomic E-state index is 0.0213. The third kappa shape index (κ3) is 2.85. The highest BCUT2D eigenvalue weighted by Crippen LogP contribution is 2.22. The number of rotatable bonds is 3. The zero-order chi connectivity index (χ0) is 16.4. The summed E-state index contributed by atoms with van der Waals surface area (Å²) in [6, 6.07) is 11.5. The van der Waals surface area contributed by atoms with Gasteiger partial charge in [-0.05, 0) is 29.8 Å². The van der Waals surface area contributed by atoms with Gasteiger partial charge in [0.15, 0.2) is 0 Å². The standard InChI is InChI=1S/C17H17N5O2/c23-17(12-22-15-4-2-1-3-14(15)19-20-22)21-9-10-24-16(11-21)13-5-7-18-8-6-13/h1-8,16H,9-12H2/t16-/m1/s1. The number of carbonyl (C=O) groups is 1. The van der Waals surface area contributed by atoms with Gasteiger partial charge in [0.05, 0.1) is 18.7 Å². The number of pyridine rings is 1. The summed E-state index contributed by atoms with van der Waals surface area (Å²) in [6.45, 7) is 1.84. The summed E-state index contributed by atoms with van der Waals surface area (Å²) in [4.78, 5) is 18.5. The van der Waals surface area contributed by atoms with E-state index in [0.29, 0.717) is 19.7 Å². The second kappa shape index (κ2) is 6.37. The van der Waals surface area contributed by atoms with Gasteiger partial charge in [-0.3, -0.25) is 9.78 Å². The van der Waals surface area contributed by atoms with E-state index in [1.807, 2.05) is 41.3 Å². The highest BCUT2D eigenvalue weighted by Gasteiger charge is 2.25. The Bertz CT molecular complexity index is 848. The van der Waals surface area contributed by atoms with Crippen LogP contribution in [0, 0.1) is 0 Å². The van der Waals surface area contributed by atoms with Crippen LogP contribution in [0.4, 0.5) is 0 Å². The van der Waals surface area contributed by atoms with Crippen molar-refractivity contribution in [2.24, 2.45) is 0 Å². The molecule has 0 spiro atoms. The zero-order valence-corrected chi connectivity index (χ0v) is 13.1. The molecule has 0 aliphatic carbocycles. The van der Waals surface area contributed by atoms with Crippen LogP contribution in [0.5, 0.6) is 0 Å². The number of aromatic nitrogens is 4. The fourth-order valence-corrected chi connectivity index (χ4v) is 2.92. The van der Waals surface area contributed by atoms with Gasteiger partial charge in [0.1, 0.15) is 18.2 Å². The SMILES string of the molecule is O=C(Cn1nnc2ccccc21)N1CCO[C@@H](c2ccncc2)C1. The first kappa shape index (κ1) is 14.8. The molecule has 7 heteroatoms. The fraction of sp³-hybridized carbons (Fsp3) is 0.294. The van der Waals surface area contributed by atoms with E-state index in [1.54, 1.807) is 17.1 Å². The Morgan fingerprint density at radius 1 is 1.21 bits per heavy atom. The summed E-state index contributed by atoms with van der Waals surface area (Å²) in [5.41, 5.74) is 2.69. The van der Waals surface area contributed by atoms with Gasteiger partial charge in [-0.25, -0.2) is 4.68 Å². The van der Waals surface area contributed by atoms with Crippen molar-refractivity contribution < 1.29 is 9.53 Å². The molecule has 24 heavy (non-hydrogen) atoms. The third-order valence-electron chi connectivity index (χ3n) is 4.20. The van der Waals surface area contributed by atoms with E-state index in [-0.39, 0.29) is 18.6 Å². The van der Waals surface area contributed by atoms with Crippen LogP contribution in [-0.4, -0.2) is 50.5 Å². The monoisotopic (exact) mass is 323 g/mol. The lowest BCUT2D eigenvalue weighted by atomic mass is 10.1. The smallest absolute Gasteiger partial charge is 0.244 e. The van der Waals surface area contributed by atoms with Crippen molar-refractivity contribution in [3.8, 4) is 0 Å². The number of carbonyl (C=O) groups excluding carboxylic acids is 1. The molecule has 0 bridgehead atoms. The van der Waals surface area contributed by atoms with Crippen LogP contribution in [0.15, 0.2) is 48.8 Å². The number of ether oxygens (including phenoxy) is 1. The molecule has 0 unspecified atom stereocenters. The summed E-state index contributed by atoms with van der Waals surface area (Å²) in [5, 5.41) is 8.18. The van der Waals surface area contributed by atoms with Crippen molar-refractivity contribution in [3.63, 3.8) is 0 Å². The van der Waals surface area contributed by atoms with Gasteiger partial charge in [0, 0.05) is 18.9 Å². The molecule has 0 N–H and O–H groups in total. The molecule has 1 fully saturated rings. The molecular formula is C17H17N5O2. The molecule has 1 aliphatic heterocycles. The number of hydrogen-bond donors (Lipinski definition) is 0. The summed E-state index contributed by atoms with van der Waals surface area (Å²) in [5.74, 6) is 0.0213. The molecule has 4 rings (SSSR count). The molecule has 2 aromatic heterocycles. The van der Waals surface area contributed by atoms with Crippen molar-refractivity contribution in [3.05, 3.63) is 54.4 Å². The Morgan fingerprint density at radius 2 is 2.04 bits per heavy atom. The predicted molar refractivity (Wildman–Crippen MR) is 87.0 cm³/mol. The van der Waals surface area contributed by atoms with Crippen LogP contribution in [0.2, 0.25) is 0 Å². The Labute approximate surface area is 138 Å². The number of hydrogen-bond acceptors (Lipinski definition) is 5. The van der Waals surface area contributed by atoms with E-state index < -0.39 is 0 Å². The Hall–Kier alpha value is -2.80. The van der Waals surface area contributed by atoms with Crippen LogP contribution < -0.4 is 0 Å². The van der Waals surface area contributed by atoms with Crippen LogP contribution in [0.25, 0.3) is 11.0 Å². The molecule has 0 radical (unpaired) electrons. The average Bonchev–Trinajstić information content (AvgIpc) is 3.06.